The lowest BCUT2D eigenvalue weighted by Crippen LogP contribution is -2.32. The van der Waals surface area contributed by atoms with Crippen molar-refractivity contribution in [2.24, 2.45) is 0 Å². The molecule has 1 aromatic carbocycles. The molecule has 0 amide bonds. The molecule has 1 saturated heterocycles. The third-order valence-electron chi connectivity index (χ3n) is 3.04. The largest absolute Gasteiger partial charge is 0.388 e. The van der Waals surface area contributed by atoms with Crippen LogP contribution in [0.3, 0.4) is 0 Å². The highest BCUT2D eigenvalue weighted by Crippen LogP contribution is 2.23. The summed E-state index contributed by atoms with van der Waals surface area (Å²) in [7, 11) is 0. The minimum atomic E-state index is -0.314. The molecule has 1 heterocycles. The van der Waals surface area contributed by atoms with Crippen molar-refractivity contribution in [3.63, 3.8) is 0 Å². The second kappa shape index (κ2) is 5.60. The SMILES string of the molecule is CC[C@@H](O)c1ccc(N2CCSCC2)cc1. The average Bonchev–Trinajstić information content (AvgIpc) is 2.39. The average molecular weight is 237 g/mol. The van der Waals surface area contributed by atoms with Crippen LogP contribution in [0.4, 0.5) is 5.69 Å². The number of aliphatic hydroxyl groups is 1. The van der Waals surface area contributed by atoms with Gasteiger partial charge in [-0.1, -0.05) is 19.1 Å². The number of anilines is 1. The van der Waals surface area contributed by atoms with Crippen molar-refractivity contribution in [2.45, 2.75) is 19.4 Å². The lowest BCUT2D eigenvalue weighted by Gasteiger charge is -2.28. The van der Waals surface area contributed by atoms with Crippen LogP contribution in [0.2, 0.25) is 0 Å². The van der Waals surface area contributed by atoms with Crippen LogP contribution in [-0.4, -0.2) is 29.7 Å². The summed E-state index contributed by atoms with van der Waals surface area (Å²) in [6.45, 7) is 4.28. The molecule has 1 atom stereocenters. The van der Waals surface area contributed by atoms with Gasteiger partial charge in [0.1, 0.15) is 0 Å². The summed E-state index contributed by atoms with van der Waals surface area (Å²) in [4.78, 5) is 2.42. The smallest absolute Gasteiger partial charge is 0.0787 e. The fraction of sp³-hybridized carbons (Fsp3) is 0.538. The van der Waals surface area contributed by atoms with Crippen LogP contribution in [0.25, 0.3) is 0 Å². The molecule has 3 heteroatoms. The molecule has 2 rings (SSSR count). The molecule has 0 spiro atoms. The predicted molar refractivity (Wildman–Crippen MR) is 71.2 cm³/mol. The zero-order chi connectivity index (χ0) is 11.4. The van der Waals surface area contributed by atoms with Gasteiger partial charge in [0.2, 0.25) is 0 Å². The fourth-order valence-corrected chi connectivity index (χ4v) is 2.87. The van der Waals surface area contributed by atoms with Crippen LogP contribution in [0.5, 0.6) is 0 Å². The molecule has 0 saturated carbocycles. The summed E-state index contributed by atoms with van der Waals surface area (Å²) in [6.07, 6.45) is 0.464. The van der Waals surface area contributed by atoms with Gasteiger partial charge in [-0.15, -0.1) is 0 Å². The molecule has 1 aliphatic rings. The molecule has 0 aromatic heterocycles. The molecular formula is C13H19NOS. The summed E-state index contributed by atoms with van der Waals surface area (Å²) >= 11 is 2.02. The van der Waals surface area contributed by atoms with Gasteiger partial charge < -0.3 is 10.0 Å². The predicted octanol–water partition coefficient (Wildman–Crippen LogP) is 2.68. The van der Waals surface area contributed by atoms with E-state index in [1.54, 1.807) is 0 Å². The Hall–Kier alpha value is -0.670. The van der Waals surface area contributed by atoms with Gasteiger partial charge in [-0.2, -0.15) is 11.8 Å². The Labute approximate surface area is 102 Å². The number of nitrogens with zero attached hydrogens (tertiary/aromatic N) is 1. The van der Waals surface area contributed by atoms with E-state index in [1.807, 2.05) is 30.8 Å². The number of aliphatic hydroxyl groups excluding tert-OH is 1. The van der Waals surface area contributed by atoms with Crippen LogP contribution in [-0.2, 0) is 0 Å². The summed E-state index contributed by atoms with van der Waals surface area (Å²) in [6, 6.07) is 8.35. The van der Waals surface area contributed by atoms with E-state index in [9.17, 15) is 5.11 Å². The number of benzene rings is 1. The second-order valence-electron chi connectivity index (χ2n) is 4.11. The molecule has 0 unspecified atom stereocenters. The van der Waals surface area contributed by atoms with E-state index >= 15 is 0 Å². The van der Waals surface area contributed by atoms with Gasteiger partial charge in [-0.05, 0) is 24.1 Å². The molecule has 0 bridgehead atoms. The van der Waals surface area contributed by atoms with Crippen molar-refractivity contribution >= 4 is 17.4 Å². The molecule has 1 aliphatic heterocycles. The van der Waals surface area contributed by atoms with Crippen LogP contribution in [0, 0.1) is 0 Å². The van der Waals surface area contributed by atoms with Crippen molar-refractivity contribution in [1.82, 2.24) is 0 Å². The lowest BCUT2D eigenvalue weighted by molar-refractivity contribution is 0.173. The van der Waals surface area contributed by atoms with E-state index < -0.39 is 0 Å². The van der Waals surface area contributed by atoms with E-state index in [0.29, 0.717) is 0 Å². The zero-order valence-corrected chi connectivity index (χ0v) is 10.5. The van der Waals surface area contributed by atoms with Gasteiger partial charge in [0.05, 0.1) is 6.10 Å². The first-order valence-corrected chi connectivity index (χ1v) is 7.07. The highest BCUT2D eigenvalue weighted by molar-refractivity contribution is 7.99. The molecule has 1 N–H and O–H groups in total. The highest BCUT2D eigenvalue weighted by Gasteiger charge is 2.11. The standard InChI is InChI=1S/C13H19NOS/c1-2-13(15)11-3-5-12(6-4-11)14-7-9-16-10-8-14/h3-6,13,15H,2,7-10H2,1H3/t13-/m1/s1. The Morgan fingerprint density at radius 2 is 1.88 bits per heavy atom. The quantitative estimate of drug-likeness (QED) is 0.874. The van der Waals surface area contributed by atoms with Crippen molar-refractivity contribution < 1.29 is 5.11 Å². The third kappa shape index (κ3) is 2.71. The van der Waals surface area contributed by atoms with Gasteiger partial charge in [-0.25, -0.2) is 0 Å². The Morgan fingerprint density at radius 1 is 1.25 bits per heavy atom. The zero-order valence-electron chi connectivity index (χ0n) is 9.72. The molecule has 1 aromatic rings. The maximum atomic E-state index is 9.71. The Balaban J connectivity index is 2.06. The maximum absolute atomic E-state index is 9.71. The normalized spacial score (nSPS) is 18.5. The third-order valence-corrected chi connectivity index (χ3v) is 3.98. The van der Waals surface area contributed by atoms with E-state index in [4.69, 9.17) is 0 Å². The first kappa shape index (κ1) is 11.8. The van der Waals surface area contributed by atoms with E-state index in [-0.39, 0.29) is 6.10 Å². The molecule has 88 valence electrons. The number of hydrogen-bond donors (Lipinski definition) is 1. The topological polar surface area (TPSA) is 23.5 Å². The molecular weight excluding hydrogens is 218 g/mol. The van der Waals surface area contributed by atoms with Gasteiger partial charge >= 0.3 is 0 Å². The molecule has 16 heavy (non-hydrogen) atoms. The van der Waals surface area contributed by atoms with E-state index in [2.05, 4.69) is 17.0 Å². The van der Waals surface area contributed by atoms with Gasteiger partial charge in [-0.3, -0.25) is 0 Å². The van der Waals surface area contributed by atoms with Gasteiger partial charge in [0.15, 0.2) is 0 Å². The fourth-order valence-electron chi connectivity index (χ4n) is 1.96. The van der Waals surface area contributed by atoms with Crippen LogP contribution in [0.1, 0.15) is 25.0 Å². The van der Waals surface area contributed by atoms with E-state index in [1.165, 1.54) is 17.2 Å². The Kier molecular flexibility index (Phi) is 4.13. The first-order valence-electron chi connectivity index (χ1n) is 5.92. The van der Waals surface area contributed by atoms with Crippen molar-refractivity contribution in [3.05, 3.63) is 29.8 Å². The Bertz CT molecular complexity index is 319. The molecule has 0 aliphatic carbocycles. The lowest BCUT2D eigenvalue weighted by atomic mass is 10.1. The van der Waals surface area contributed by atoms with Crippen molar-refractivity contribution in [3.8, 4) is 0 Å². The molecule has 1 fully saturated rings. The number of thioether (sulfide) groups is 1. The second-order valence-corrected chi connectivity index (χ2v) is 5.34. The Morgan fingerprint density at radius 3 is 2.44 bits per heavy atom. The number of hydrogen-bond acceptors (Lipinski definition) is 3. The molecule has 0 radical (unpaired) electrons. The number of rotatable bonds is 3. The van der Waals surface area contributed by atoms with Gasteiger partial charge in [0.25, 0.3) is 0 Å². The summed E-state index contributed by atoms with van der Waals surface area (Å²) in [5.74, 6) is 2.44. The van der Waals surface area contributed by atoms with Crippen molar-refractivity contribution in [1.29, 1.82) is 0 Å². The van der Waals surface area contributed by atoms with Crippen LogP contribution < -0.4 is 4.90 Å². The minimum absolute atomic E-state index is 0.314. The highest BCUT2D eigenvalue weighted by atomic mass is 32.2. The molecule has 2 nitrogen and oxygen atoms in total. The summed E-state index contributed by atoms with van der Waals surface area (Å²) in [5, 5.41) is 9.71. The van der Waals surface area contributed by atoms with Crippen LogP contribution >= 0.6 is 11.8 Å². The minimum Gasteiger partial charge on any atom is -0.388 e. The van der Waals surface area contributed by atoms with Crippen LogP contribution in [0.15, 0.2) is 24.3 Å². The van der Waals surface area contributed by atoms with Crippen molar-refractivity contribution in [2.75, 3.05) is 29.5 Å². The monoisotopic (exact) mass is 237 g/mol. The van der Waals surface area contributed by atoms with E-state index in [0.717, 1.165) is 25.1 Å². The maximum Gasteiger partial charge on any atom is 0.0787 e. The first-order chi connectivity index (χ1) is 7.81. The van der Waals surface area contributed by atoms with Gasteiger partial charge in [0, 0.05) is 30.3 Å². The summed E-state index contributed by atoms with van der Waals surface area (Å²) in [5.41, 5.74) is 2.31. The summed E-state index contributed by atoms with van der Waals surface area (Å²) < 4.78 is 0.